The zero-order valence-corrected chi connectivity index (χ0v) is 17.4. The smallest absolute Gasteiger partial charge is 0.144 e. The van der Waals surface area contributed by atoms with Gasteiger partial charge in [-0.1, -0.05) is 18.5 Å². The van der Waals surface area contributed by atoms with Crippen LogP contribution in [0.25, 0.3) is 10.9 Å². The fourth-order valence-corrected chi connectivity index (χ4v) is 3.38. The van der Waals surface area contributed by atoms with E-state index < -0.39 is 0 Å². The van der Waals surface area contributed by atoms with Crippen LogP contribution in [0.15, 0.2) is 30.3 Å². The summed E-state index contributed by atoms with van der Waals surface area (Å²) in [4.78, 5) is 4.66. The molecule has 6 nitrogen and oxygen atoms in total. The summed E-state index contributed by atoms with van der Waals surface area (Å²) >= 11 is 6.33. The molecule has 0 fully saturated rings. The van der Waals surface area contributed by atoms with Gasteiger partial charge in [0.05, 0.1) is 46.4 Å². The second-order valence-corrected chi connectivity index (χ2v) is 6.72. The van der Waals surface area contributed by atoms with Gasteiger partial charge in [0, 0.05) is 17.1 Å². The maximum atomic E-state index is 9.81. The lowest BCUT2D eigenvalue weighted by atomic mass is 10.0. The van der Waals surface area contributed by atoms with Gasteiger partial charge in [-0.05, 0) is 44.5 Å². The van der Waals surface area contributed by atoms with E-state index in [0.29, 0.717) is 64.3 Å². The number of rotatable bonds is 7. The van der Waals surface area contributed by atoms with E-state index >= 15 is 0 Å². The van der Waals surface area contributed by atoms with E-state index in [1.54, 1.807) is 18.2 Å². The first-order valence-corrected chi connectivity index (χ1v) is 9.88. The topological polar surface area (TPSA) is 93.2 Å². The third-order valence-electron chi connectivity index (χ3n) is 4.44. The number of aryl methyl sites for hydroxylation is 1. The molecule has 3 rings (SSSR count). The molecule has 0 aliphatic carbocycles. The predicted octanol–water partition coefficient (Wildman–Crippen LogP) is 5.45. The Morgan fingerprint density at radius 2 is 1.83 bits per heavy atom. The van der Waals surface area contributed by atoms with Crippen LogP contribution in [0.1, 0.15) is 32.0 Å². The van der Waals surface area contributed by atoms with Crippen LogP contribution >= 0.6 is 11.6 Å². The first-order chi connectivity index (χ1) is 14.0. The van der Waals surface area contributed by atoms with Crippen molar-refractivity contribution >= 4 is 39.6 Å². The van der Waals surface area contributed by atoms with Gasteiger partial charge < -0.3 is 20.5 Å². The largest absolute Gasteiger partial charge is 0.492 e. The number of ether oxygens (including phenoxy) is 2. The van der Waals surface area contributed by atoms with Crippen LogP contribution in [0.2, 0.25) is 5.02 Å². The summed E-state index contributed by atoms with van der Waals surface area (Å²) in [6.45, 7) is 6.80. The Kier molecular flexibility index (Phi) is 6.30. The number of nitrogens with zero attached hydrogens (tertiary/aromatic N) is 2. The fourth-order valence-electron chi connectivity index (χ4n) is 3.14. The number of nitrogens with two attached hydrogens (primary N) is 1. The fraction of sp³-hybridized carbons (Fsp3) is 0.273. The molecule has 0 atom stereocenters. The second-order valence-electron chi connectivity index (χ2n) is 6.32. The van der Waals surface area contributed by atoms with Crippen molar-refractivity contribution in [2.45, 2.75) is 27.2 Å². The predicted molar refractivity (Wildman–Crippen MR) is 117 cm³/mol. The molecule has 7 heteroatoms. The van der Waals surface area contributed by atoms with E-state index in [0.717, 1.165) is 11.1 Å². The van der Waals surface area contributed by atoms with Gasteiger partial charge in [0.2, 0.25) is 0 Å². The summed E-state index contributed by atoms with van der Waals surface area (Å²) in [6.07, 6.45) is 0.617. The summed E-state index contributed by atoms with van der Waals surface area (Å²) in [5.74, 6) is 1.19. The van der Waals surface area contributed by atoms with E-state index in [2.05, 4.69) is 16.4 Å². The number of benzene rings is 2. The van der Waals surface area contributed by atoms with Crippen LogP contribution in [0.5, 0.6) is 11.5 Å². The Morgan fingerprint density at radius 3 is 2.45 bits per heavy atom. The van der Waals surface area contributed by atoms with Crippen molar-refractivity contribution in [2.75, 3.05) is 24.3 Å². The van der Waals surface area contributed by atoms with E-state index in [-0.39, 0.29) is 0 Å². The SMILES string of the molecule is CCOc1cc2nc(CC)c(C#N)c(Nc3ccc(OCC)c(Cl)c3)c2cc1N. The van der Waals surface area contributed by atoms with Crippen LogP contribution in [0.3, 0.4) is 0 Å². The maximum absolute atomic E-state index is 9.81. The molecule has 0 aliphatic rings. The Morgan fingerprint density at radius 1 is 1.10 bits per heavy atom. The van der Waals surface area contributed by atoms with Crippen molar-refractivity contribution in [1.29, 1.82) is 5.26 Å². The van der Waals surface area contributed by atoms with Gasteiger partial charge >= 0.3 is 0 Å². The first kappa shape index (κ1) is 20.6. The number of aromatic nitrogens is 1. The second kappa shape index (κ2) is 8.89. The summed E-state index contributed by atoms with van der Waals surface area (Å²) in [6, 6.07) is 11.3. The van der Waals surface area contributed by atoms with Gasteiger partial charge in [0.25, 0.3) is 0 Å². The van der Waals surface area contributed by atoms with Crippen LogP contribution in [0.4, 0.5) is 17.1 Å². The van der Waals surface area contributed by atoms with Crippen molar-refractivity contribution in [3.05, 3.63) is 46.6 Å². The Bertz CT molecular complexity index is 1090. The molecule has 0 bridgehead atoms. The quantitative estimate of drug-likeness (QED) is 0.503. The lowest BCUT2D eigenvalue weighted by Gasteiger charge is -2.17. The van der Waals surface area contributed by atoms with Crippen molar-refractivity contribution in [1.82, 2.24) is 4.98 Å². The van der Waals surface area contributed by atoms with Crippen molar-refractivity contribution < 1.29 is 9.47 Å². The van der Waals surface area contributed by atoms with E-state index in [1.807, 2.05) is 32.9 Å². The molecule has 150 valence electrons. The number of nitrogen functional groups attached to an aromatic ring is 1. The van der Waals surface area contributed by atoms with Gasteiger partial charge in [-0.25, -0.2) is 0 Å². The molecule has 1 heterocycles. The third kappa shape index (κ3) is 4.15. The summed E-state index contributed by atoms with van der Waals surface area (Å²) in [7, 11) is 0. The van der Waals surface area contributed by atoms with Gasteiger partial charge in [0.1, 0.15) is 17.6 Å². The highest BCUT2D eigenvalue weighted by atomic mass is 35.5. The van der Waals surface area contributed by atoms with Gasteiger partial charge in [0.15, 0.2) is 0 Å². The van der Waals surface area contributed by atoms with Gasteiger partial charge in [-0.15, -0.1) is 0 Å². The number of fused-ring (bicyclic) bond motifs is 1. The lowest BCUT2D eigenvalue weighted by Crippen LogP contribution is -2.04. The lowest BCUT2D eigenvalue weighted by molar-refractivity contribution is 0.340. The minimum Gasteiger partial charge on any atom is -0.492 e. The number of hydrogen-bond donors (Lipinski definition) is 2. The van der Waals surface area contributed by atoms with E-state index in [4.69, 9.17) is 26.8 Å². The molecule has 0 saturated heterocycles. The molecule has 29 heavy (non-hydrogen) atoms. The normalized spacial score (nSPS) is 10.6. The minimum absolute atomic E-state index is 0.480. The zero-order chi connectivity index (χ0) is 21.0. The van der Waals surface area contributed by atoms with Crippen LogP contribution in [0, 0.1) is 11.3 Å². The highest BCUT2D eigenvalue weighted by Crippen LogP contribution is 2.37. The van der Waals surface area contributed by atoms with Crippen LogP contribution < -0.4 is 20.5 Å². The van der Waals surface area contributed by atoms with Crippen molar-refractivity contribution in [2.24, 2.45) is 0 Å². The third-order valence-corrected chi connectivity index (χ3v) is 4.73. The number of halogens is 1. The summed E-state index contributed by atoms with van der Waals surface area (Å²) < 4.78 is 11.1. The molecule has 3 aromatic rings. The number of nitrogens with one attached hydrogen (secondary N) is 1. The van der Waals surface area contributed by atoms with Crippen molar-refractivity contribution in [3.63, 3.8) is 0 Å². The minimum atomic E-state index is 0.480. The molecule has 0 saturated carbocycles. The highest BCUT2D eigenvalue weighted by molar-refractivity contribution is 6.32. The molecular weight excluding hydrogens is 388 g/mol. The maximum Gasteiger partial charge on any atom is 0.144 e. The zero-order valence-electron chi connectivity index (χ0n) is 16.7. The monoisotopic (exact) mass is 410 g/mol. The van der Waals surface area contributed by atoms with Gasteiger partial charge in [-0.2, -0.15) is 5.26 Å². The average Bonchev–Trinajstić information content (AvgIpc) is 2.71. The molecule has 0 amide bonds. The highest BCUT2D eigenvalue weighted by Gasteiger charge is 2.17. The molecule has 1 aromatic heterocycles. The number of hydrogen-bond acceptors (Lipinski definition) is 6. The molecule has 0 spiro atoms. The molecule has 0 unspecified atom stereocenters. The standard InChI is InChI=1S/C22H23ClN4O2/c1-4-18-15(12-24)22(26-13-7-8-20(28-5-2)16(23)9-13)14-10-17(25)21(29-6-3)11-19(14)27-18/h7-11H,4-6,25H2,1-3H3,(H,26,27). The first-order valence-electron chi connectivity index (χ1n) is 9.50. The molecule has 0 radical (unpaired) electrons. The van der Waals surface area contributed by atoms with Crippen molar-refractivity contribution in [3.8, 4) is 17.6 Å². The Balaban J connectivity index is 2.17. The van der Waals surface area contributed by atoms with E-state index in [1.165, 1.54) is 0 Å². The number of pyridine rings is 1. The van der Waals surface area contributed by atoms with Crippen LogP contribution in [-0.4, -0.2) is 18.2 Å². The summed E-state index contributed by atoms with van der Waals surface area (Å²) in [5, 5.41) is 14.4. The molecule has 3 N–H and O–H groups in total. The summed E-state index contributed by atoms with van der Waals surface area (Å²) in [5.41, 5.74) is 9.92. The number of nitriles is 1. The molecule has 0 aliphatic heterocycles. The Labute approximate surface area is 175 Å². The average molecular weight is 411 g/mol. The number of anilines is 3. The molecular formula is C22H23ClN4O2. The van der Waals surface area contributed by atoms with Gasteiger partial charge in [-0.3, -0.25) is 4.98 Å². The Hall–Kier alpha value is -3.17. The van der Waals surface area contributed by atoms with Crippen LogP contribution in [-0.2, 0) is 6.42 Å². The molecule has 2 aromatic carbocycles. The van der Waals surface area contributed by atoms with E-state index in [9.17, 15) is 5.26 Å².